The number of carbonyl (C=O) groups excluding carboxylic acids is 1. The Morgan fingerprint density at radius 1 is 0.795 bits per heavy atom. The molecule has 0 saturated heterocycles. The van der Waals surface area contributed by atoms with Crippen LogP contribution in [0.3, 0.4) is 0 Å². The van der Waals surface area contributed by atoms with Crippen LogP contribution >= 0.6 is 0 Å². The van der Waals surface area contributed by atoms with E-state index in [-0.39, 0.29) is 18.5 Å². The number of nitrogens with zero attached hydrogens (tertiary/aromatic N) is 2. The molecule has 0 aliphatic rings. The molecule has 0 aromatic carbocycles. The van der Waals surface area contributed by atoms with Crippen molar-refractivity contribution in [3.8, 4) is 0 Å². The van der Waals surface area contributed by atoms with E-state index >= 15 is 0 Å². The van der Waals surface area contributed by atoms with Crippen molar-refractivity contribution in [3.05, 3.63) is 6.07 Å². The molecule has 0 saturated carbocycles. The maximum Gasteiger partial charge on any atom is 0.306 e. The Balaban J connectivity index is 2.27. The highest BCUT2D eigenvalue weighted by Gasteiger charge is 2.14. The summed E-state index contributed by atoms with van der Waals surface area (Å²) in [6, 6.07) is 1.81. The molecular weight excluding hydrogens is 554 g/mol. The molecule has 0 fully saturated rings. The third-order valence-corrected chi connectivity index (χ3v) is 8.33. The highest BCUT2D eigenvalue weighted by atomic mass is 16.5. The zero-order valence-corrected chi connectivity index (χ0v) is 28.4. The second-order valence-electron chi connectivity index (χ2n) is 12.6. The quantitative estimate of drug-likeness (QED) is 0.0464. The number of nitrogens with one attached hydrogen (secondary N) is 2. The average Bonchev–Trinajstić information content (AvgIpc) is 3.42. The Hall–Kier alpha value is -2.29. The Bertz CT molecular complexity index is 807. The lowest BCUT2D eigenvalue weighted by molar-refractivity contribution is -0.150. The second-order valence-corrected chi connectivity index (χ2v) is 12.6. The lowest BCUT2D eigenvalue weighted by Crippen LogP contribution is -2.28. The summed E-state index contributed by atoms with van der Waals surface area (Å²) in [6.07, 6.45) is 24.5. The van der Waals surface area contributed by atoms with Gasteiger partial charge in [-0.25, -0.2) is 0 Å². The van der Waals surface area contributed by atoms with Crippen molar-refractivity contribution in [2.24, 2.45) is 0 Å². The number of hydrogen-bond acceptors (Lipinski definition) is 7. The Labute approximate surface area is 268 Å². The van der Waals surface area contributed by atoms with Crippen LogP contribution in [-0.4, -0.2) is 64.4 Å². The van der Waals surface area contributed by atoms with Gasteiger partial charge in [0.1, 0.15) is 17.7 Å². The van der Waals surface area contributed by atoms with Gasteiger partial charge in [-0.1, -0.05) is 90.9 Å². The van der Waals surface area contributed by atoms with Gasteiger partial charge in [0.15, 0.2) is 0 Å². The highest BCUT2D eigenvalue weighted by Crippen LogP contribution is 2.17. The van der Waals surface area contributed by atoms with Gasteiger partial charge in [0.05, 0.1) is 0 Å². The third-order valence-electron chi connectivity index (χ3n) is 8.33. The number of rotatable bonds is 32. The monoisotopic (exact) mass is 622 g/mol. The Morgan fingerprint density at radius 3 is 1.86 bits per heavy atom. The predicted octanol–water partition coefficient (Wildman–Crippen LogP) is 8.71. The number of aliphatic carboxylic acids is 1. The Kier molecular flexibility index (Phi) is 25.5. The van der Waals surface area contributed by atoms with Crippen molar-refractivity contribution in [1.29, 1.82) is 0 Å². The van der Waals surface area contributed by atoms with Crippen LogP contribution in [-0.2, 0) is 14.3 Å². The zero-order valence-electron chi connectivity index (χ0n) is 28.4. The SMILES string of the molecule is CCCCCCC(CCCCCC)OC(=O)CCCCCCCN(CCCCCCCC(=O)O)CCCNc1cc(N)[nH]n1. The largest absolute Gasteiger partial charge is 0.481 e. The summed E-state index contributed by atoms with van der Waals surface area (Å²) in [6.45, 7) is 8.53. The van der Waals surface area contributed by atoms with E-state index in [1.54, 1.807) is 0 Å². The van der Waals surface area contributed by atoms with E-state index in [1.807, 2.05) is 6.07 Å². The number of anilines is 2. The molecule has 0 radical (unpaired) electrons. The smallest absolute Gasteiger partial charge is 0.306 e. The number of nitrogens with two attached hydrogens (primary N) is 1. The summed E-state index contributed by atoms with van der Waals surface area (Å²) in [7, 11) is 0. The molecule has 1 rings (SSSR count). The first-order chi connectivity index (χ1) is 21.4. The number of carboxylic acid groups (broad SMARTS) is 1. The summed E-state index contributed by atoms with van der Waals surface area (Å²) in [5.41, 5.74) is 5.71. The summed E-state index contributed by atoms with van der Waals surface area (Å²) in [5.74, 6) is 0.654. The van der Waals surface area contributed by atoms with Gasteiger partial charge < -0.3 is 25.8 Å². The van der Waals surface area contributed by atoms with Gasteiger partial charge in [0.2, 0.25) is 0 Å². The number of carboxylic acids is 1. The molecule has 5 N–H and O–H groups in total. The van der Waals surface area contributed by atoms with Gasteiger partial charge in [-0.2, -0.15) is 5.10 Å². The van der Waals surface area contributed by atoms with E-state index in [1.165, 1.54) is 64.2 Å². The van der Waals surface area contributed by atoms with Crippen LogP contribution in [0.4, 0.5) is 11.6 Å². The van der Waals surface area contributed by atoms with Crippen molar-refractivity contribution in [3.63, 3.8) is 0 Å². The van der Waals surface area contributed by atoms with Crippen molar-refractivity contribution < 1.29 is 19.4 Å². The minimum atomic E-state index is -0.697. The maximum atomic E-state index is 12.6. The molecule has 9 nitrogen and oxygen atoms in total. The standard InChI is InChI=1S/C35H67N5O4/c1-3-5-7-15-22-31(23-16-8-6-4-2)44-35(43)25-18-12-10-14-20-28-40(27-19-13-9-11-17-24-34(41)42)29-21-26-37-33-30-32(36)38-39-33/h30-31H,3-29H2,1-2H3,(H,41,42)(H4,36,37,38,39). The van der Waals surface area contributed by atoms with E-state index in [9.17, 15) is 9.59 Å². The fourth-order valence-corrected chi connectivity index (χ4v) is 5.66. The summed E-state index contributed by atoms with van der Waals surface area (Å²) in [5, 5.41) is 19.0. The molecule has 1 aromatic heterocycles. The summed E-state index contributed by atoms with van der Waals surface area (Å²) < 4.78 is 5.94. The first kappa shape index (κ1) is 39.7. The number of aromatic nitrogens is 2. The second kappa shape index (κ2) is 28.2. The molecule has 0 unspecified atom stereocenters. The van der Waals surface area contributed by atoms with Gasteiger partial charge >= 0.3 is 11.9 Å². The van der Waals surface area contributed by atoms with E-state index in [0.717, 1.165) is 103 Å². The fraction of sp³-hybridized carbons (Fsp3) is 0.857. The predicted molar refractivity (Wildman–Crippen MR) is 183 cm³/mol. The van der Waals surface area contributed by atoms with Gasteiger partial charge in [0.25, 0.3) is 0 Å². The number of unbranched alkanes of at least 4 members (excludes halogenated alkanes) is 14. The van der Waals surface area contributed by atoms with E-state index in [0.29, 0.717) is 12.2 Å². The van der Waals surface area contributed by atoms with Crippen LogP contribution in [0.2, 0.25) is 0 Å². The van der Waals surface area contributed by atoms with Crippen LogP contribution in [0.25, 0.3) is 0 Å². The van der Waals surface area contributed by atoms with Crippen LogP contribution < -0.4 is 11.1 Å². The minimum absolute atomic E-state index is 0.00116. The molecule has 0 atom stereocenters. The molecule has 0 aliphatic carbocycles. The molecule has 0 spiro atoms. The topological polar surface area (TPSA) is 134 Å². The van der Waals surface area contributed by atoms with Gasteiger partial charge in [0, 0.05) is 25.5 Å². The number of H-pyrrole nitrogens is 1. The number of aromatic amines is 1. The molecule has 0 amide bonds. The molecule has 0 aliphatic heterocycles. The number of nitrogen functional groups attached to an aromatic ring is 1. The number of ether oxygens (including phenoxy) is 1. The number of carbonyl (C=O) groups is 2. The molecular formula is C35H67N5O4. The van der Waals surface area contributed by atoms with E-state index < -0.39 is 5.97 Å². The van der Waals surface area contributed by atoms with Crippen molar-refractivity contribution in [2.45, 2.75) is 168 Å². The number of hydrogen-bond donors (Lipinski definition) is 4. The molecule has 1 heterocycles. The zero-order chi connectivity index (χ0) is 32.1. The van der Waals surface area contributed by atoms with Crippen LogP contribution in [0, 0.1) is 0 Å². The molecule has 256 valence electrons. The lowest BCUT2D eigenvalue weighted by Gasteiger charge is -2.22. The lowest BCUT2D eigenvalue weighted by atomic mass is 10.0. The van der Waals surface area contributed by atoms with Crippen molar-refractivity contribution in [2.75, 3.05) is 37.2 Å². The minimum Gasteiger partial charge on any atom is -0.481 e. The first-order valence-corrected chi connectivity index (χ1v) is 18.1. The Morgan fingerprint density at radius 2 is 1.32 bits per heavy atom. The van der Waals surface area contributed by atoms with Crippen molar-refractivity contribution >= 4 is 23.6 Å². The van der Waals surface area contributed by atoms with Gasteiger partial charge in [-0.3, -0.25) is 14.7 Å². The van der Waals surface area contributed by atoms with Crippen LogP contribution in [0.5, 0.6) is 0 Å². The molecule has 44 heavy (non-hydrogen) atoms. The van der Waals surface area contributed by atoms with Crippen LogP contribution in [0.15, 0.2) is 6.07 Å². The van der Waals surface area contributed by atoms with Gasteiger partial charge in [-0.05, 0) is 77.4 Å². The van der Waals surface area contributed by atoms with Gasteiger partial charge in [-0.15, -0.1) is 0 Å². The maximum absolute atomic E-state index is 12.6. The molecule has 9 heteroatoms. The third kappa shape index (κ3) is 24.1. The highest BCUT2D eigenvalue weighted by molar-refractivity contribution is 5.69. The molecule has 0 bridgehead atoms. The summed E-state index contributed by atoms with van der Waals surface area (Å²) in [4.78, 5) is 25.8. The van der Waals surface area contributed by atoms with Crippen LogP contribution in [0.1, 0.15) is 162 Å². The van der Waals surface area contributed by atoms with E-state index in [4.69, 9.17) is 15.6 Å². The van der Waals surface area contributed by atoms with Crippen molar-refractivity contribution in [1.82, 2.24) is 15.1 Å². The average molecular weight is 622 g/mol. The summed E-state index contributed by atoms with van der Waals surface area (Å²) >= 11 is 0. The normalized spacial score (nSPS) is 11.5. The number of esters is 1. The molecule has 1 aromatic rings. The van der Waals surface area contributed by atoms with E-state index in [2.05, 4.69) is 34.3 Å². The first-order valence-electron chi connectivity index (χ1n) is 18.1. The fourth-order valence-electron chi connectivity index (χ4n) is 5.66.